The van der Waals surface area contributed by atoms with Gasteiger partial charge in [0.25, 0.3) is 5.91 Å². The second kappa shape index (κ2) is 10.2. The average molecular weight is 416 g/mol. The van der Waals surface area contributed by atoms with Crippen LogP contribution in [0.5, 0.6) is 17.2 Å². The van der Waals surface area contributed by atoms with E-state index in [1.54, 1.807) is 31.4 Å². The monoisotopic (exact) mass is 415 g/mol. The van der Waals surface area contributed by atoms with E-state index in [1.165, 1.54) is 20.4 Å². The number of benzene rings is 2. The zero-order valence-electron chi connectivity index (χ0n) is 16.6. The molecule has 7 nitrogen and oxygen atoms in total. The van der Waals surface area contributed by atoms with Crippen LogP contribution in [-0.4, -0.2) is 27.2 Å². The maximum atomic E-state index is 12.5. The minimum Gasteiger partial charge on any atom is -0.497 e. The first-order valence-electron chi connectivity index (χ1n) is 8.66. The van der Waals surface area contributed by atoms with Gasteiger partial charge < -0.3 is 24.8 Å². The Bertz CT molecular complexity index is 936. The predicted molar refractivity (Wildman–Crippen MR) is 111 cm³/mol. The van der Waals surface area contributed by atoms with Crippen LogP contribution in [0.15, 0.2) is 48.2 Å². The molecule has 0 radical (unpaired) electrons. The van der Waals surface area contributed by atoms with Crippen LogP contribution < -0.4 is 24.8 Å². The van der Waals surface area contributed by atoms with Crippen LogP contribution in [0.3, 0.4) is 0 Å². The average Bonchev–Trinajstić information content (AvgIpc) is 2.74. The summed E-state index contributed by atoms with van der Waals surface area (Å²) in [5, 5.41) is 15.5. The summed E-state index contributed by atoms with van der Waals surface area (Å²) < 4.78 is 15.6. The fourth-order valence-electron chi connectivity index (χ4n) is 2.52. The van der Waals surface area contributed by atoms with Crippen molar-refractivity contribution in [2.75, 3.05) is 26.6 Å². The Balaban J connectivity index is 2.14. The number of carbonyl (C=O) groups excluding carboxylic acids is 1. The lowest BCUT2D eigenvalue weighted by Crippen LogP contribution is -2.28. The largest absolute Gasteiger partial charge is 0.497 e. The van der Waals surface area contributed by atoms with Crippen LogP contribution in [0, 0.1) is 11.3 Å². The lowest BCUT2D eigenvalue weighted by molar-refractivity contribution is -0.117. The van der Waals surface area contributed by atoms with Gasteiger partial charge in [0.05, 0.1) is 38.1 Å². The minimum absolute atomic E-state index is 0.0960. The predicted octanol–water partition coefficient (Wildman–Crippen LogP) is 4.06. The first kappa shape index (κ1) is 21.9. The summed E-state index contributed by atoms with van der Waals surface area (Å²) in [6, 6.07) is 12.1. The molecular formula is C21H22ClN3O4. The number of carbonyl (C=O) groups is 1. The van der Waals surface area contributed by atoms with Crippen LogP contribution in [-0.2, 0) is 4.79 Å². The van der Waals surface area contributed by atoms with Gasteiger partial charge in [0.2, 0.25) is 0 Å². The maximum absolute atomic E-state index is 12.5. The number of nitrogens with zero attached hydrogens (tertiary/aromatic N) is 1. The third-order valence-corrected chi connectivity index (χ3v) is 4.47. The van der Waals surface area contributed by atoms with E-state index >= 15 is 0 Å². The number of nitrogens with one attached hydrogen (secondary N) is 2. The van der Waals surface area contributed by atoms with Crippen LogP contribution in [0.25, 0.3) is 0 Å². The van der Waals surface area contributed by atoms with E-state index in [9.17, 15) is 10.1 Å². The Morgan fingerprint density at radius 3 is 2.31 bits per heavy atom. The summed E-state index contributed by atoms with van der Waals surface area (Å²) >= 11 is 6.08. The van der Waals surface area contributed by atoms with Gasteiger partial charge in [0, 0.05) is 18.3 Å². The number of rotatable bonds is 8. The number of amides is 1. The molecule has 0 aliphatic rings. The summed E-state index contributed by atoms with van der Waals surface area (Å²) in [5.74, 6) is 1.08. The molecule has 0 saturated heterocycles. The third-order valence-electron chi connectivity index (χ3n) is 4.17. The number of nitriles is 1. The Labute approximate surface area is 174 Å². The molecule has 152 valence electrons. The molecule has 0 aliphatic carbocycles. The van der Waals surface area contributed by atoms with Gasteiger partial charge in [-0.05, 0) is 24.6 Å². The molecular weight excluding hydrogens is 394 g/mol. The number of ether oxygens (including phenoxy) is 3. The number of hydrogen-bond acceptors (Lipinski definition) is 6. The molecule has 0 aliphatic heterocycles. The fraction of sp³-hybridized carbons (Fsp3) is 0.238. The van der Waals surface area contributed by atoms with Gasteiger partial charge in [0.1, 0.15) is 28.9 Å². The van der Waals surface area contributed by atoms with Crippen molar-refractivity contribution in [1.82, 2.24) is 5.32 Å². The van der Waals surface area contributed by atoms with Crippen LogP contribution in [0.2, 0.25) is 5.02 Å². The van der Waals surface area contributed by atoms with E-state index in [0.717, 1.165) is 11.3 Å². The van der Waals surface area contributed by atoms with Crippen molar-refractivity contribution >= 4 is 23.2 Å². The third kappa shape index (κ3) is 5.56. The summed E-state index contributed by atoms with van der Waals surface area (Å²) in [4.78, 5) is 12.5. The first-order chi connectivity index (χ1) is 13.9. The zero-order valence-corrected chi connectivity index (χ0v) is 17.3. The Kier molecular flexibility index (Phi) is 7.75. The number of methoxy groups -OCH3 is 3. The van der Waals surface area contributed by atoms with Gasteiger partial charge >= 0.3 is 0 Å². The van der Waals surface area contributed by atoms with Crippen LogP contribution in [0.4, 0.5) is 5.69 Å². The second-order valence-electron chi connectivity index (χ2n) is 5.97. The fourth-order valence-corrected chi connectivity index (χ4v) is 2.75. The van der Waals surface area contributed by atoms with E-state index in [4.69, 9.17) is 25.8 Å². The Morgan fingerprint density at radius 2 is 1.76 bits per heavy atom. The molecule has 2 aromatic rings. The summed E-state index contributed by atoms with van der Waals surface area (Å²) in [7, 11) is 4.56. The van der Waals surface area contributed by atoms with E-state index in [0.29, 0.717) is 22.2 Å². The highest BCUT2D eigenvalue weighted by Crippen LogP contribution is 2.35. The minimum atomic E-state index is -0.511. The Hall–Kier alpha value is -3.37. The summed E-state index contributed by atoms with van der Waals surface area (Å²) in [6.45, 7) is 1.83. The van der Waals surface area contributed by atoms with Gasteiger partial charge in [-0.1, -0.05) is 23.7 Å². The summed E-state index contributed by atoms with van der Waals surface area (Å²) in [6.07, 6.45) is 1.31. The number of hydrogen-bond donors (Lipinski definition) is 2. The van der Waals surface area contributed by atoms with Gasteiger partial charge in [-0.25, -0.2) is 0 Å². The normalized spacial score (nSPS) is 11.8. The van der Waals surface area contributed by atoms with Crippen molar-refractivity contribution in [2.45, 2.75) is 13.0 Å². The molecule has 1 atom stereocenters. The molecule has 2 rings (SSSR count). The summed E-state index contributed by atoms with van der Waals surface area (Å²) in [5.41, 5.74) is 1.28. The number of anilines is 1. The SMILES string of the molecule is COc1ccc(C(C)NC(=O)/C(C#N)=C\Nc2cc(OC)c(Cl)cc2OC)cc1. The zero-order chi connectivity index (χ0) is 21.4. The van der Waals surface area contributed by atoms with Crippen molar-refractivity contribution in [3.8, 4) is 23.3 Å². The Morgan fingerprint density at radius 1 is 1.10 bits per heavy atom. The molecule has 0 saturated carbocycles. The maximum Gasteiger partial charge on any atom is 0.263 e. The molecule has 8 heteroatoms. The highest BCUT2D eigenvalue weighted by molar-refractivity contribution is 6.32. The molecule has 0 spiro atoms. The van der Waals surface area contributed by atoms with Crippen LogP contribution >= 0.6 is 11.6 Å². The molecule has 2 aromatic carbocycles. The van der Waals surface area contributed by atoms with Gasteiger partial charge in [0.15, 0.2) is 0 Å². The van der Waals surface area contributed by atoms with Gasteiger partial charge in [-0.3, -0.25) is 4.79 Å². The smallest absolute Gasteiger partial charge is 0.263 e. The van der Waals surface area contributed by atoms with Crippen molar-refractivity contribution in [3.63, 3.8) is 0 Å². The standard InChI is InChI=1S/C21H22ClN3O4/c1-13(14-5-7-16(27-2)8-6-14)25-21(26)15(11-23)12-24-18-10-19(28-3)17(22)9-20(18)29-4/h5-10,12-13,24H,1-4H3,(H,25,26)/b15-12-. The lowest BCUT2D eigenvalue weighted by atomic mass is 10.1. The van der Waals surface area contributed by atoms with Gasteiger partial charge in [-0.15, -0.1) is 0 Å². The van der Waals surface area contributed by atoms with Crippen molar-refractivity contribution in [2.24, 2.45) is 0 Å². The lowest BCUT2D eigenvalue weighted by Gasteiger charge is -2.15. The molecule has 0 fully saturated rings. The van der Waals surface area contributed by atoms with E-state index in [-0.39, 0.29) is 11.6 Å². The highest BCUT2D eigenvalue weighted by atomic mass is 35.5. The first-order valence-corrected chi connectivity index (χ1v) is 9.04. The van der Waals surface area contributed by atoms with E-state index in [2.05, 4.69) is 10.6 Å². The van der Waals surface area contributed by atoms with Crippen molar-refractivity contribution < 1.29 is 19.0 Å². The second-order valence-corrected chi connectivity index (χ2v) is 6.38. The highest BCUT2D eigenvalue weighted by Gasteiger charge is 2.15. The molecule has 0 bridgehead atoms. The molecule has 1 unspecified atom stereocenters. The van der Waals surface area contributed by atoms with Crippen LogP contribution in [0.1, 0.15) is 18.5 Å². The van der Waals surface area contributed by atoms with E-state index < -0.39 is 5.91 Å². The van der Waals surface area contributed by atoms with Crippen molar-refractivity contribution in [3.05, 3.63) is 58.8 Å². The number of halogens is 1. The van der Waals surface area contributed by atoms with Crippen molar-refractivity contribution in [1.29, 1.82) is 5.26 Å². The quantitative estimate of drug-likeness (QED) is 0.499. The molecule has 0 aromatic heterocycles. The molecule has 29 heavy (non-hydrogen) atoms. The molecule has 1 amide bonds. The molecule has 0 heterocycles. The topological polar surface area (TPSA) is 92.6 Å². The van der Waals surface area contributed by atoms with E-state index in [1.807, 2.05) is 25.1 Å². The molecule has 2 N–H and O–H groups in total. The van der Waals surface area contributed by atoms with Gasteiger partial charge in [-0.2, -0.15) is 5.26 Å².